The standard InChI is InChI=1S/C5H8O3.2CH3.Au/c1-4(6)3-8-5(2)7;;;/h3H2,1-2H3;2*1H3;/q;2*-1;. The molecule has 73 valence electrons. The van der Waals surface area contributed by atoms with E-state index < -0.39 is 5.97 Å². The van der Waals surface area contributed by atoms with Crippen molar-refractivity contribution in [3.8, 4) is 0 Å². The summed E-state index contributed by atoms with van der Waals surface area (Å²) in [5.41, 5.74) is 0. The Bertz CT molecular complexity index is 98.3. The fourth-order valence-corrected chi connectivity index (χ4v) is 0.203. The molecule has 0 heterocycles. The molecule has 0 aromatic rings. The number of hydrogen-bond acceptors (Lipinski definition) is 3. The molecule has 0 aliphatic rings. The molecule has 0 N–H and O–H groups in total. The monoisotopic (exact) mass is 343 g/mol. The van der Waals surface area contributed by atoms with E-state index in [-0.39, 0.29) is 49.6 Å². The molecule has 0 spiro atoms. The SMILES string of the molecule is CC(=O)COC(C)=O.[Au].[CH3-].[CH3-]. The minimum absolute atomic E-state index is 0. The molecule has 0 atom stereocenters. The maximum Gasteiger partial charge on any atom is 0.303 e. The van der Waals surface area contributed by atoms with E-state index in [1.54, 1.807) is 0 Å². The van der Waals surface area contributed by atoms with Crippen LogP contribution in [0, 0.1) is 14.9 Å². The molecule has 0 amide bonds. The second kappa shape index (κ2) is 12.5. The topological polar surface area (TPSA) is 43.4 Å². The second-order valence-electron chi connectivity index (χ2n) is 1.48. The molecule has 0 aliphatic carbocycles. The van der Waals surface area contributed by atoms with Crippen LogP contribution in [0.1, 0.15) is 13.8 Å². The molecule has 0 bridgehead atoms. The van der Waals surface area contributed by atoms with Gasteiger partial charge >= 0.3 is 5.97 Å². The van der Waals surface area contributed by atoms with Gasteiger partial charge in [0.1, 0.15) is 6.61 Å². The molecule has 0 rings (SSSR count). The van der Waals surface area contributed by atoms with Crippen molar-refractivity contribution in [2.75, 3.05) is 6.61 Å². The van der Waals surface area contributed by atoms with Crippen LogP contribution < -0.4 is 0 Å². The molecule has 0 fully saturated rings. The first kappa shape index (κ1) is 22.4. The average Bonchev–Trinajstić information content (AvgIpc) is 1.61. The molecule has 0 saturated carbocycles. The molecule has 3 nitrogen and oxygen atoms in total. The van der Waals surface area contributed by atoms with E-state index >= 15 is 0 Å². The maximum atomic E-state index is 10.1. The summed E-state index contributed by atoms with van der Waals surface area (Å²) in [6.07, 6.45) is 0. The molecule has 0 unspecified atom stereocenters. The first-order chi connectivity index (χ1) is 3.63. The summed E-state index contributed by atoms with van der Waals surface area (Å²) in [5, 5.41) is 0. The van der Waals surface area contributed by atoms with Crippen LogP contribution in [0.15, 0.2) is 0 Å². The van der Waals surface area contributed by atoms with Gasteiger partial charge in [0.2, 0.25) is 0 Å². The second-order valence-corrected chi connectivity index (χ2v) is 1.48. The summed E-state index contributed by atoms with van der Waals surface area (Å²) < 4.78 is 4.31. The van der Waals surface area contributed by atoms with E-state index in [2.05, 4.69) is 4.74 Å². The average molecular weight is 343 g/mol. The van der Waals surface area contributed by atoms with Crippen LogP contribution >= 0.6 is 0 Å². The van der Waals surface area contributed by atoms with Crippen LogP contribution in [0.4, 0.5) is 0 Å². The van der Waals surface area contributed by atoms with Crippen LogP contribution in [0.2, 0.25) is 0 Å². The summed E-state index contributed by atoms with van der Waals surface area (Å²) in [6.45, 7) is 2.53. The van der Waals surface area contributed by atoms with Gasteiger partial charge in [-0.2, -0.15) is 0 Å². The Labute approximate surface area is 84.0 Å². The first-order valence-corrected chi connectivity index (χ1v) is 2.25. The van der Waals surface area contributed by atoms with E-state index in [4.69, 9.17) is 0 Å². The summed E-state index contributed by atoms with van der Waals surface area (Å²) in [7, 11) is 0. The van der Waals surface area contributed by atoms with Gasteiger partial charge in [0, 0.05) is 29.3 Å². The smallest absolute Gasteiger partial charge is 0.303 e. The minimum Gasteiger partial charge on any atom is -0.458 e. The van der Waals surface area contributed by atoms with E-state index in [0.717, 1.165) is 0 Å². The minimum atomic E-state index is -0.416. The van der Waals surface area contributed by atoms with Gasteiger partial charge in [-0.25, -0.2) is 0 Å². The van der Waals surface area contributed by atoms with Gasteiger partial charge < -0.3 is 19.6 Å². The number of ketones is 1. The Morgan fingerprint density at radius 2 is 1.55 bits per heavy atom. The third-order valence-corrected chi connectivity index (χ3v) is 0.479. The van der Waals surface area contributed by atoms with Gasteiger partial charge in [-0.3, -0.25) is 9.59 Å². The Kier molecular flexibility index (Phi) is 25.6. The zero-order chi connectivity index (χ0) is 6.57. The number of esters is 1. The molecular formula is C7H14AuO3-2. The number of rotatable bonds is 2. The Morgan fingerprint density at radius 3 is 1.64 bits per heavy atom. The van der Waals surface area contributed by atoms with Crippen molar-refractivity contribution in [3.05, 3.63) is 14.9 Å². The van der Waals surface area contributed by atoms with E-state index in [9.17, 15) is 9.59 Å². The van der Waals surface area contributed by atoms with Gasteiger partial charge in [-0.1, -0.05) is 0 Å². The van der Waals surface area contributed by atoms with E-state index in [0.29, 0.717) is 0 Å². The summed E-state index contributed by atoms with van der Waals surface area (Å²) in [6, 6.07) is 0. The Balaban J connectivity index is -0.0000000817. The fourth-order valence-electron chi connectivity index (χ4n) is 0.203. The third-order valence-electron chi connectivity index (χ3n) is 0.479. The summed E-state index contributed by atoms with van der Waals surface area (Å²) in [5.74, 6) is -0.555. The summed E-state index contributed by atoms with van der Waals surface area (Å²) >= 11 is 0. The third kappa shape index (κ3) is 25.8. The van der Waals surface area contributed by atoms with Crippen molar-refractivity contribution in [3.63, 3.8) is 0 Å². The van der Waals surface area contributed by atoms with Crippen molar-refractivity contribution < 1.29 is 36.7 Å². The molecule has 0 aromatic carbocycles. The molecule has 0 aliphatic heterocycles. The van der Waals surface area contributed by atoms with Gasteiger partial charge in [0.15, 0.2) is 5.78 Å². The number of ether oxygens (including phenoxy) is 1. The predicted molar refractivity (Wildman–Crippen MR) is 40.1 cm³/mol. The molecule has 0 aromatic heterocycles. The van der Waals surface area contributed by atoms with Crippen molar-refractivity contribution in [1.29, 1.82) is 0 Å². The van der Waals surface area contributed by atoms with E-state index in [1.807, 2.05) is 0 Å². The van der Waals surface area contributed by atoms with Crippen LogP contribution in [-0.2, 0) is 36.7 Å². The number of carbonyl (C=O) groups is 2. The number of carbonyl (C=O) groups excluding carboxylic acids is 2. The van der Waals surface area contributed by atoms with Crippen LogP contribution in [0.5, 0.6) is 0 Å². The van der Waals surface area contributed by atoms with Crippen molar-refractivity contribution in [1.82, 2.24) is 0 Å². The van der Waals surface area contributed by atoms with Gasteiger partial charge in [-0.05, 0) is 6.92 Å². The van der Waals surface area contributed by atoms with Crippen LogP contribution in [0.25, 0.3) is 0 Å². The fraction of sp³-hybridized carbons (Fsp3) is 0.429. The molecule has 0 saturated heterocycles. The quantitative estimate of drug-likeness (QED) is 0.428. The predicted octanol–water partition coefficient (Wildman–Crippen LogP) is 1.04. The van der Waals surface area contributed by atoms with E-state index in [1.165, 1.54) is 13.8 Å². The normalized spacial score (nSPS) is 6.00. The first-order valence-electron chi connectivity index (χ1n) is 2.25. The zero-order valence-corrected chi connectivity index (χ0v) is 9.40. The van der Waals surface area contributed by atoms with Gasteiger partial charge in [-0.15, -0.1) is 0 Å². The van der Waals surface area contributed by atoms with Gasteiger partial charge in [0.05, 0.1) is 0 Å². The molecular weight excluding hydrogens is 329 g/mol. The Hall–Kier alpha value is -0.120. The maximum absolute atomic E-state index is 10.1. The van der Waals surface area contributed by atoms with Crippen molar-refractivity contribution >= 4 is 11.8 Å². The van der Waals surface area contributed by atoms with Crippen molar-refractivity contribution in [2.45, 2.75) is 13.8 Å². The van der Waals surface area contributed by atoms with Crippen molar-refractivity contribution in [2.24, 2.45) is 0 Å². The largest absolute Gasteiger partial charge is 0.458 e. The summed E-state index contributed by atoms with van der Waals surface area (Å²) in [4.78, 5) is 20.0. The Morgan fingerprint density at radius 1 is 1.18 bits per heavy atom. The molecule has 11 heavy (non-hydrogen) atoms. The van der Waals surface area contributed by atoms with Crippen LogP contribution in [-0.4, -0.2) is 18.4 Å². The number of hydrogen-bond donors (Lipinski definition) is 0. The van der Waals surface area contributed by atoms with Crippen LogP contribution in [0.3, 0.4) is 0 Å². The van der Waals surface area contributed by atoms with Gasteiger partial charge in [0.25, 0.3) is 0 Å². The molecule has 4 heteroatoms. The zero-order valence-electron chi connectivity index (χ0n) is 7.23. The molecule has 1 radical (unpaired) electrons. The number of Topliss-reactive ketones (excluding diaryl/α,β-unsaturated/α-hetero) is 1.